The second kappa shape index (κ2) is 5.56. The summed E-state index contributed by atoms with van der Waals surface area (Å²) in [4.78, 5) is 0. The Morgan fingerprint density at radius 3 is 2.94 bits per heavy atom. The Morgan fingerprint density at radius 2 is 2.24 bits per heavy atom. The number of nitrogens with one attached hydrogen (secondary N) is 1. The second-order valence-electron chi connectivity index (χ2n) is 3.62. The molecular formula is C12H13BrClN3. The minimum atomic E-state index is 0.710. The third-order valence-electron chi connectivity index (χ3n) is 2.50. The maximum atomic E-state index is 6.13. The standard InChI is InChI=1S/C12H13BrClN3/c1-2-17-10(5-6-16-17)8-15-12-4-3-9(13)7-11(12)14/h3-7,15H,2,8H2,1H3. The molecule has 5 heteroatoms. The van der Waals surface area contributed by atoms with Gasteiger partial charge in [0.1, 0.15) is 0 Å². The highest BCUT2D eigenvalue weighted by molar-refractivity contribution is 9.10. The summed E-state index contributed by atoms with van der Waals surface area (Å²) >= 11 is 9.51. The van der Waals surface area contributed by atoms with Gasteiger partial charge in [-0.25, -0.2) is 0 Å². The Labute approximate surface area is 114 Å². The van der Waals surface area contributed by atoms with E-state index < -0.39 is 0 Å². The fourth-order valence-corrected chi connectivity index (χ4v) is 2.35. The van der Waals surface area contributed by atoms with Gasteiger partial charge in [0, 0.05) is 17.2 Å². The van der Waals surface area contributed by atoms with Crippen LogP contribution in [0.25, 0.3) is 0 Å². The van der Waals surface area contributed by atoms with Crippen LogP contribution in [0.5, 0.6) is 0 Å². The summed E-state index contributed by atoms with van der Waals surface area (Å²) in [6.45, 7) is 3.66. The van der Waals surface area contributed by atoms with Gasteiger partial charge in [-0.3, -0.25) is 4.68 Å². The van der Waals surface area contributed by atoms with E-state index in [1.165, 1.54) is 0 Å². The Hall–Kier alpha value is -1.000. The van der Waals surface area contributed by atoms with Gasteiger partial charge in [0.15, 0.2) is 0 Å². The van der Waals surface area contributed by atoms with Gasteiger partial charge < -0.3 is 5.32 Å². The zero-order valence-corrected chi connectivity index (χ0v) is 11.8. The minimum absolute atomic E-state index is 0.710. The molecule has 1 aromatic heterocycles. The van der Waals surface area contributed by atoms with E-state index in [4.69, 9.17) is 11.6 Å². The molecule has 0 amide bonds. The molecular weight excluding hydrogens is 302 g/mol. The zero-order valence-electron chi connectivity index (χ0n) is 9.45. The summed E-state index contributed by atoms with van der Waals surface area (Å²) in [7, 11) is 0. The highest BCUT2D eigenvalue weighted by atomic mass is 79.9. The summed E-state index contributed by atoms with van der Waals surface area (Å²) in [6.07, 6.45) is 1.81. The second-order valence-corrected chi connectivity index (χ2v) is 4.94. The van der Waals surface area contributed by atoms with Crippen LogP contribution in [0.4, 0.5) is 5.69 Å². The molecule has 0 fully saturated rings. The maximum absolute atomic E-state index is 6.13. The summed E-state index contributed by atoms with van der Waals surface area (Å²) in [6, 6.07) is 7.80. The van der Waals surface area contributed by atoms with Gasteiger partial charge >= 0.3 is 0 Å². The van der Waals surface area contributed by atoms with Gasteiger partial charge in [-0.2, -0.15) is 5.10 Å². The molecule has 1 heterocycles. The van der Waals surface area contributed by atoms with Crippen molar-refractivity contribution in [2.24, 2.45) is 0 Å². The van der Waals surface area contributed by atoms with E-state index in [0.29, 0.717) is 5.02 Å². The normalized spacial score (nSPS) is 10.5. The number of nitrogens with zero attached hydrogens (tertiary/aromatic N) is 2. The first kappa shape index (κ1) is 12.5. The summed E-state index contributed by atoms with van der Waals surface area (Å²) in [5, 5.41) is 8.23. The molecule has 2 aromatic rings. The number of benzene rings is 1. The van der Waals surface area contributed by atoms with Crippen molar-refractivity contribution in [1.82, 2.24) is 9.78 Å². The van der Waals surface area contributed by atoms with E-state index in [-0.39, 0.29) is 0 Å². The van der Waals surface area contributed by atoms with Crippen LogP contribution < -0.4 is 5.32 Å². The molecule has 3 nitrogen and oxygen atoms in total. The first-order valence-electron chi connectivity index (χ1n) is 5.40. The van der Waals surface area contributed by atoms with Gasteiger partial charge in [-0.05, 0) is 31.2 Å². The maximum Gasteiger partial charge on any atom is 0.0648 e. The summed E-state index contributed by atoms with van der Waals surface area (Å²) in [5.41, 5.74) is 2.07. The quantitative estimate of drug-likeness (QED) is 0.926. The highest BCUT2D eigenvalue weighted by Crippen LogP contribution is 2.25. The summed E-state index contributed by atoms with van der Waals surface area (Å²) < 4.78 is 2.94. The molecule has 90 valence electrons. The van der Waals surface area contributed by atoms with Crippen LogP contribution in [-0.4, -0.2) is 9.78 Å². The molecule has 0 radical (unpaired) electrons. The van der Waals surface area contributed by atoms with E-state index in [0.717, 1.165) is 28.9 Å². The topological polar surface area (TPSA) is 29.9 Å². The number of anilines is 1. The van der Waals surface area contributed by atoms with Crippen molar-refractivity contribution >= 4 is 33.2 Å². The fraction of sp³-hybridized carbons (Fsp3) is 0.250. The van der Waals surface area contributed by atoms with Crippen LogP contribution >= 0.6 is 27.5 Å². The van der Waals surface area contributed by atoms with Gasteiger partial charge in [-0.1, -0.05) is 27.5 Å². The number of aromatic nitrogens is 2. The van der Waals surface area contributed by atoms with Crippen molar-refractivity contribution < 1.29 is 0 Å². The largest absolute Gasteiger partial charge is 0.378 e. The van der Waals surface area contributed by atoms with Gasteiger partial charge in [0.25, 0.3) is 0 Å². The van der Waals surface area contributed by atoms with E-state index in [1.807, 2.05) is 35.1 Å². The molecule has 0 saturated heterocycles. The monoisotopic (exact) mass is 313 g/mol. The van der Waals surface area contributed by atoms with Crippen LogP contribution in [0.15, 0.2) is 34.9 Å². The number of hydrogen-bond acceptors (Lipinski definition) is 2. The highest BCUT2D eigenvalue weighted by Gasteiger charge is 2.03. The molecule has 0 saturated carbocycles. The van der Waals surface area contributed by atoms with Gasteiger partial charge in [-0.15, -0.1) is 0 Å². The van der Waals surface area contributed by atoms with Crippen molar-refractivity contribution in [2.45, 2.75) is 20.0 Å². The molecule has 0 aliphatic carbocycles. The molecule has 0 bridgehead atoms. The first-order valence-corrected chi connectivity index (χ1v) is 6.57. The smallest absolute Gasteiger partial charge is 0.0648 e. The number of rotatable bonds is 4. The van der Waals surface area contributed by atoms with Crippen LogP contribution in [0.1, 0.15) is 12.6 Å². The first-order chi connectivity index (χ1) is 8.20. The molecule has 2 rings (SSSR count). The van der Waals surface area contributed by atoms with E-state index in [9.17, 15) is 0 Å². The van der Waals surface area contributed by atoms with Crippen molar-refractivity contribution in [3.8, 4) is 0 Å². The molecule has 1 N–H and O–H groups in total. The molecule has 1 aromatic carbocycles. The molecule has 0 spiro atoms. The predicted octanol–water partition coefficient (Wildman–Crippen LogP) is 3.93. The summed E-state index contributed by atoms with van der Waals surface area (Å²) in [5.74, 6) is 0. The Bertz CT molecular complexity index is 510. The average molecular weight is 315 g/mol. The van der Waals surface area contributed by atoms with Gasteiger partial charge in [0.2, 0.25) is 0 Å². The van der Waals surface area contributed by atoms with Crippen LogP contribution in [-0.2, 0) is 13.1 Å². The molecule has 0 atom stereocenters. The Kier molecular flexibility index (Phi) is 4.07. The lowest BCUT2D eigenvalue weighted by atomic mass is 10.3. The number of aryl methyl sites for hydroxylation is 1. The van der Waals surface area contributed by atoms with Crippen LogP contribution in [0, 0.1) is 0 Å². The van der Waals surface area contributed by atoms with Crippen LogP contribution in [0.2, 0.25) is 5.02 Å². The van der Waals surface area contributed by atoms with E-state index in [2.05, 4.69) is 33.3 Å². The zero-order chi connectivity index (χ0) is 12.3. The lowest BCUT2D eigenvalue weighted by Gasteiger charge is -2.09. The van der Waals surface area contributed by atoms with E-state index >= 15 is 0 Å². The van der Waals surface area contributed by atoms with Crippen molar-refractivity contribution in [1.29, 1.82) is 0 Å². The van der Waals surface area contributed by atoms with Crippen molar-refractivity contribution in [2.75, 3.05) is 5.32 Å². The number of halogens is 2. The van der Waals surface area contributed by atoms with Crippen molar-refractivity contribution in [3.63, 3.8) is 0 Å². The molecule has 0 unspecified atom stereocenters. The third-order valence-corrected chi connectivity index (χ3v) is 3.30. The minimum Gasteiger partial charge on any atom is -0.378 e. The Balaban J connectivity index is 2.07. The average Bonchev–Trinajstić information content (AvgIpc) is 2.75. The third kappa shape index (κ3) is 3.01. The molecule has 17 heavy (non-hydrogen) atoms. The predicted molar refractivity (Wildman–Crippen MR) is 74.4 cm³/mol. The lowest BCUT2D eigenvalue weighted by Crippen LogP contribution is -2.07. The fourth-order valence-electron chi connectivity index (χ4n) is 1.61. The Morgan fingerprint density at radius 1 is 1.41 bits per heavy atom. The number of hydrogen-bond donors (Lipinski definition) is 1. The van der Waals surface area contributed by atoms with E-state index in [1.54, 1.807) is 0 Å². The molecule has 0 aliphatic heterocycles. The van der Waals surface area contributed by atoms with Crippen molar-refractivity contribution in [3.05, 3.63) is 45.7 Å². The lowest BCUT2D eigenvalue weighted by molar-refractivity contribution is 0.627. The SMILES string of the molecule is CCn1nccc1CNc1ccc(Br)cc1Cl. The van der Waals surface area contributed by atoms with Crippen LogP contribution in [0.3, 0.4) is 0 Å². The molecule has 0 aliphatic rings. The van der Waals surface area contributed by atoms with Gasteiger partial charge in [0.05, 0.1) is 22.9 Å².